The first-order chi connectivity index (χ1) is 11.2. The molecule has 8 heteroatoms. The van der Waals surface area contributed by atoms with E-state index < -0.39 is 24.4 Å². The minimum Gasteiger partial charge on any atom is -0.375 e. The Morgan fingerprint density at radius 1 is 1.04 bits per heavy atom. The minimum absolute atomic E-state index is 0.354. The quantitative estimate of drug-likeness (QED) is 0.776. The number of amides is 2. The summed E-state index contributed by atoms with van der Waals surface area (Å²) in [6, 6.07) is 11.7. The lowest BCUT2D eigenvalue weighted by atomic mass is 9.93. The van der Waals surface area contributed by atoms with Crippen LogP contribution in [0.15, 0.2) is 54.6 Å². The van der Waals surface area contributed by atoms with Gasteiger partial charge in [0.05, 0.1) is 6.54 Å². The van der Waals surface area contributed by atoms with Crippen molar-refractivity contribution in [3.05, 3.63) is 65.2 Å². The maximum Gasteiger partial charge on any atom is 0.423 e. The largest absolute Gasteiger partial charge is 0.423 e. The second kappa shape index (κ2) is 7.11. The molecule has 0 bridgehead atoms. The summed E-state index contributed by atoms with van der Waals surface area (Å²) in [5.74, 6) is 0. The molecule has 0 fully saturated rings. The molecule has 0 spiro atoms. The SMILES string of the molecule is O=C(NCC(O)(c1ccccc1)C(F)(F)F)Nc1ccc(Cl)cc1. The molecule has 0 aliphatic heterocycles. The van der Waals surface area contributed by atoms with Crippen LogP contribution in [-0.4, -0.2) is 23.9 Å². The summed E-state index contributed by atoms with van der Waals surface area (Å²) in [5, 5.41) is 14.9. The van der Waals surface area contributed by atoms with Crippen LogP contribution in [0.4, 0.5) is 23.7 Å². The van der Waals surface area contributed by atoms with Crippen molar-refractivity contribution in [2.24, 2.45) is 0 Å². The maximum absolute atomic E-state index is 13.3. The molecule has 0 aromatic heterocycles. The van der Waals surface area contributed by atoms with Gasteiger partial charge < -0.3 is 15.7 Å². The molecule has 3 N–H and O–H groups in total. The number of anilines is 1. The summed E-state index contributed by atoms with van der Waals surface area (Å²) in [4.78, 5) is 11.8. The zero-order chi connectivity index (χ0) is 17.8. The van der Waals surface area contributed by atoms with Gasteiger partial charge in [-0.25, -0.2) is 4.79 Å². The summed E-state index contributed by atoms with van der Waals surface area (Å²) in [6.45, 7) is -1.03. The summed E-state index contributed by atoms with van der Waals surface area (Å²) < 4.78 is 39.8. The van der Waals surface area contributed by atoms with Crippen molar-refractivity contribution >= 4 is 23.3 Å². The van der Waals surface area contributed by atoms with Crippen LogP contribution in [0.25, 0.3) is 0 Å². The Balaban J connectivity index is 2.08. The highest BCUT2D eigenvalue weighted by Gasteiger charge is 2.55. The van der Waals surface area contributed by atoms with Crippen LogP contribution in [0.2, 0.25) is 5.02 Å². The molecule has 4 nitrogen and oxygen atoms in total. The predicted octanol–water partition coefficient (Wildman–Crippen LogP) is 3.91. The number of aliphatic hydroxyl groups is 1. The van der Waals surface area contributed by atoms with Crippen LogP contribution in [0.1, 0.15) is 5.56 Å². The second-order valence-electron chi connectivity index (χ2n) is 5.04. The molecule has 1 unspecified atom stereocenters. The van der Waals surface area contributed by atoms with E-state index in [2.05, 4.69) is 5.32 Å². The van der Waals surface area contributed by atoms with Gasteiger partial charge in [0.1, 0.15) is 0 Å². The summed E-state index contributed by atoms with van der Waals surface area (Å²) in [6.07, 6.45) is -4.96. The average molecular weight is 359 g/mol. The van der Waals surface area contributed by atoms with Crippen LogP contribution in [0, 0.1) is 0 Å². The van der Waals surface area contributed by atoms with E-state index in [-0.39, 0.29) is 5.56 Å². The number of urea groups is 1. The molecule has 2 amide bonds. The van der Waals surface area contributed by atoms with Crippen molar-refractivity contribution in [3.63, 3.8) is 0 Å². The van der Waals surface area contributed by atoms with E-state index in [1.165, 1.54) is 42.5 Å². The molecule has 128 valence electrons. The van der Waals surface area contributed by atoms with Gasteiger partial charge >= 0.3 is 12.2 Å². The number of rotatable bonds is 4. The lowest BCUT2D eigenvalue weighted by Crippen LogP contribution is -2.51. The Morgan fingerprint density at radius 3 is 2.17 bits per heavy atom. The summed E-state index contributed by atoms with van der Waals surface area (Å²) in [5.41, 5.74) is -3.19. The van der Waals surface area contributed by atoms with E-state index in [1.807, 2.05) is 5.32 Å². The summed E-state index contributed by atoms with van der Waals surface area (Å²) >= 11 is 5.70. The molecule has 2 aromatic carbocycles. The normalized spacial score (nSPS) is 13.9. The Bertz CT molecular complexity index is 693. The fraction of sp³-hybridized carbons (Fsp3) is 0.188. The Hall–Kier alpha value is -2.25. The molecular formula is C16H14ClF3N2O2. The molecule has 0 heterocycles. The highest BCUT2D eigenvalue weighted by molar-refractivity contribution is 6.30. The van der Waals surface area contributed by atoms with Gasteiger partial charge in [-0.05, 0) is 29.8 Å². The first kappa shape index (κ1) is 18.1. The predicted molar refractivity (Wildman–Crippen MR) is 84.9 cm³/mol. The Labute approximate surface area is 141 Å². The van der Waals surface area contributed by atoms with Crippen LogP contribution < -0.4 is 10.6 Å². The van der Waals surface area contributed by atoms with E-state index in [0.717, 1.165) is 12.1 Å². The minimum atomic E-state index is -4.96. The van der Waals surface area contributed by atoms with Crippen molar-refractivity contribution < 1.29 is 23.1 Å². The van der Waals surface area contributed by atoms with E-state index >= 15 is 0 Å². The van der Waals surface area contributed by atoms with Gasteiger partial charge in [0, 0.05) is 10.7 Å². The number of alkyl halides is 3. The smallest absolute Gasteiger partial charge is 0.375 e. The number of halogens is 4. The Kier molecular flexibility index (Phi) is 5.36. The summed E-state index contributed by atoms with van der Waals surface area (Å²) in [7, 11) is 0. The van der Waals surface area contributed by atoms with Crippen molar-refractivity contribution in [2.45, 2.75) is 11.8 Å². The first-order valence-electron chi connectivity index (χ1n) is 6.87. The second-order valence-corrected chi connectivity index (χ2v) is 5.48. The van der Waals surface area contributed by atoms with Gasteiger partial charge in [-0.3, -0.25) is 0 Å². The molecule has 2 rings (SSSR count). The van der Waals surface area contributed by atoms with Crippen molar-refractivity contribution in [1.82, 2.24) is 5.32 Å². The lowest BCUT2D eigenvalue weighted by Gasteiger charge is -2.31. The fourth-order valence-electron chi connectivity index (χ4n) is 2.00. The number of nitrogens with one attached hydrogen (secondary N) is 2. The molecule has 1 atom stereocenters. The highest BCUT2D eigenvalue weighted by Crippen LogP contribution is 2.38. The van der Waals surface area contributed by atoms with Gasteiger partial charge in [-0.15, -0.1) is 0 Å². The van der Waals surface area contributed by atoms with Gasteiger partial charge in [0.15, 0.2) is 0 Å². The van der Waals surface area contributed by atoms with E-state index in [4.69, 9.17) is 11.6 Å². The zero-order valence-corrected chi connectivity index (χ0v) is 13.0. The van der Waals surface area contributed by atoms with Crippen molar-refractivity contribution in [2.75, 3.05) is 11.9 Å². The fourth-order valence-corrected chi connectivity index (χ4v) is 2.12. The number of carbonyl (C=O) groups is 1. The molecule has 0 saturated heterocycles. The van der Waals surface area contributed by atoms with E-state index in [1.54, 1.807) is 0 Å². The van der Waals surface area contributed by atoms with Crippen molar-refractivity contribution in [3.8, 4) is 0 Å². The van der Waals surface area contributed by atoms with Crippen LogP contribution in [0.3, 0.4) is 0 Å². The van der Waals surface area contributed by atoms with Gasteiger partial charge in [-0.1, -0.05) is 41.9 Å². The van der Waals surface area contributed by atoms with Gasteiger partial charge in [0.2, 0.25) is 5.60 Å². The molecule has 0 aliphatic rings. The number of carbonyl (C=O) groups excluding carboxylic acids is 1. The van der Waals surface area contributed by atoms with Gasteiger partial charge in [-0.2, -0.15) is 13.2 Å². The van der Waals surface area contributed by atoms with Crippen LogP contribution in [-0.2, 0) is 5.60 Å². The number of hydrogen-bond donors (Lipinski definition) is 3. The van der Waals surface area contributed by atoms with Crippen LogP contribution >= 0.6 is 11.6 Å². The monoisotopic (exact) mass is 358 g/mol. The van der Waals surface area contributed by atoms with E-state index in [9.17, 15) is 23.1 Å². The maximum atomic E-state index is 13.3. The lowest BCUT2D eigenvalue weighted by molar-refractivity contribution is -0.263. The Morgan fingerprint density at radius 2 is 1.62 bits per heavy atom. The molecule has 24 heavy (non-hydrogen) atoms. The molecule has 2 aromatic rings. The number of benzene rings is 2. The molecule has 0 aliphatic carbocycles. The molecule has 0 saturated carbocycles. The zero-order valence-electron chi connectivity index (χ0n) is 12.3. The topological polar surface area (TPSA) is 61.4 Å². The standard InChI is InChI=1S/C16H14ClF3N2O2/c17-12-6-8-13(9-7-12)22-14(23)21-10-15(24,16(18,19)20)11-4-2-1-3-5-11/h1-9,24H,10H2,(H2,21,22,23). The third-order valence-electron chi connectivity index (χ3n) is 3.33. The van der Waals surface area contributed by atoms with Crippen molar-refractivity contribution in [1.29, 1.82) is 0 Å². The molecular weight excluding hydrogens is 345 g/mol. The highest BCUT2D eigenvalue weighted by atomic mass is 35.5. The van der Waals surface area contributed by atoms with Crippen LogP contribution in [0.5, 0.6) is 0 Å². The van der Waals surface area contributed by atoms with Gasteiger partial charge in [0.25, 0.3) is 0 Å². The first-order valence-corrected chi connectivity index (χ1v) is 7.25. The third kappa shape index (κ3) is 4.18. The van der Waals surface area contributed by atoms with E-state index in [0.29, 0.717) is 10.7 Å². The average Bonchev–Trinajstić information content (AvgIpc) is 2.54. The molecule has 0 radical (unpaired) electrons. The third-order valence-corrected chi connectivity index (χ3v) is 3.58. The number of hydrogen-bond acceptors (Lipinski definition) is 2.